The molecule has 2 heterocycles. The summed E-state index contributed by atoms with van der Waals surface area (Å²) >= 11 is 3.14. The molecule has 0 bridgehead atoms. The lowest BCUT2D eigenvalue weighted by atomic mass is 10.2. The summed E-state index contributed by atoms with van der Waals surface area (Å²) in [5, 5.41) is 4.72. The smallest absolute Gasteiger partial charge is 0.191 e. The molecular weight excluding hydrogens is 302 g/mol. The fraction of sp³-hybridized carbons (Fsp3) is 0.643. The van der Waals surface area contributed by atoms with Crippen molar-refractivity contribution in [3.8, 4) is 0 Å². The molecule has 0 spiro atoms. The van der Waals surface area contributed by atoms with Crippen molar-refractivity contribution in [3.63, 3.8) is 0 Å². The van der Waals surface area contributed by atoms with E-state index in [0.29, 0.717) is 16.7 Å². The van der Waals surface area contributed by atoms with Crippen LogP contribution in [0.3, 0.4) is 0 Å². The van der Waals surface area contributed by atoms with Gasteiger partial charge in [-0.05, 0) is 12.3 Å². The molecule has 0 radical (unpaired) electrons. The minimum absolute atomic E-state index is 0.542. The number of anilines is 2. The molecule has 0 aromatic carbocycles. The van der Waals surface area contributed by atoms with Crippen LogP contribution in [0, 0.1) is 5.92 Å². The molecular formula is C14H23N5S2. The van der Waals surface area contributed by atoms with E-state index in [2.05, 4.69) is 41.0 Å². The number of unbranched alkanes of at least 4 members (excludes halogenated alkanes) is 2. The number of nitrogen functional groups attached to an aromatic ring is 1. The SMILES string of the molecule is CCCCCSc1nc(NCC(C)C)c2sc(N)nc2n1. The first-order valence-electron chi connectivity index (χ1n) is 7.40. The van der Waals surface area contributed by atoms with Crippen molar-refractivity contribution < 1.29 is 0 Å². The van der Waals surface area contributed by atoms with Crippen LogP contribution in [0.25, 0.3) is 10.3 Å². The van der Waals surface area contributed by atoms with Crippen molar-refractivity contribution >= 4 is 44.4 Å². The molecule has 3 N–H and O–H groups in total. The summed E-state index contributed by atoms with van der Waals surface area (Å²) in [6.07, 6.45) is 3.66. The summed E-state index contributed by atoms with van der Waals surface area (Å²) in [7, 11) is 0. The first kappa shape index (κ1) is 16.3. The molecule has 116 valence electrons. The highest BCUT2D eigenvalue weighted by atomic mass is 32.2. The van der Waals surface area contributed by atoms with Crippen LogP contribution in [0.1, 0.15) is 40.0 Å². The summed E-state index contributed by atoms with van der Waals surface area (Å²) in [6.45, 7) is 7.43. The highest BCUT2D eigenvalue weighted by Crippen LogP contribution is 2.30. The fourth-order valence-electron chi connectivity index (χ4n) is 1.82. The Labute approximate surface area is 134 Å². The number of fused-ring (bicyclic) bond motifs is 1. The standard InChI is InChI=1S/C14H23N5S2/c1-4-5-6-7-20-14-18-11(16-8-9(2)3)10-12(19-14)17-13(15)21-10/h9H,4-8H2,1-3H3,(H3,15,16,17,18,19). The lowest BCUT2D eigenvalue weighted by Crippen LogP contribution is -2.10. The van der Waals surface area contributed by atoms with E-state index in [-0.39, 0.29) is 0 Å². The molecule has 2 rings (SSSR count). The van der Waals surface area contributed by atoms with Crippen molar-refractivity contribution in [2.45, 2.75) is 45.2 Å². The van der Waals surface area contributed by atoms with Crippen molar-refractivity contribution in [2.24, 2.45) is 5.92 Å². The first-order valence-corrected chi connectivity index (χ1v) is 9.21. The second-order valence-corrected chi connectivity index (χ2v) is 7.48. The maximum Gasteiger partial charge on any atom is 0.191 e. The Kier molecular flexibility index (Phi) is 6.05. The maximum absolute atomic E-state index is 5.81. The Hall–Kier alpha value is -1.08. The number of thioether (sulfide) groups is 1. The van der Waals surface area contributed by atoms with E-state index in [0.717, 1.165) is 28.0 Å². The molecule has 0 saturated heterocycles. The van der Waals surface area contributed by atoms with Gasteiger partial charge in [0.1, 0.15) is 4.70 Å². The molecule has 0 fully saturated rings. The summed E-state index contributed by atoms with van der Waals surface area (Å²) in [5.74, 6) is 2.46. The van der Waals surface area contributed by atoms with Gasteiger partial charge in [0.15, 0.2) is 21.8 Å². The maximum atomic E-state index is 5.81. The minimum Gasteiger partial charge on any atom is -0.375 e. The summed E-state index contributed by atoms with van der Waals surface area (Å²) in [4.78, 5) is 13.4. The molecule has 0 unspecified atom stereocenters. The molecule has 21 heavy (non-hydrogen) atoms. The summed E-state index contributed by atoms with van der Waals surface area (Å²) < 4.78 is 0.950. The topological polar surface area (TPSA) is 76.7 Å². The molecule has 0 saturated carbocycles. The number of aromatic nitrogens is 3. The molecule has 0 amide bonds. The zero-order valence-corrected chi connectivity index (χ0v) is 14.5. The van der Waals surface area contributed by atoms with Crippen LogP contribution < -0.4 is 11.1 Å². The number of thiazole rings is 1. The Morgan fingerprint density at radius 1 is 1.24 bits per heavy atom. The van der Waals surface area contributed by atoms with Crippen LogP contribution in [-0.2, 0) is 0 Å². The van der Waals surface area contributed by atoms with Gasteiger partial charge in [-0.15, -0.1) is 0 Å². The van der Waals surface area contributed by atoms with Crippen LogP contribution in [0.4, 0.5) is 10.9 Å². The lowest BCUT2D eigenvalue weighted by molar-refractivity contribution is 0.686. The van der Waals surface area contributed by atoms with Gasteiger partial charge in [-0.2, -0.15) is 0 Å². The van der Waals surface area contributed by atoms with Crippen molar-refractivity contribution in [1.29, 1.82) is 0 Å². The Bertz CT molecular complexity index is 582. The summed E-state index contributed by atoms with van der Waals surface area (Å²) in [5.41, 5.74) is 6.52. The van der Waals surface area contributed by atoms with Gasteiger partial charge in [0.2, 0.25) is 0 Å². The van der Waals surface area contributed by atoms with E-state index in [1.165, 1.54) is 30.6 Å². The van der Waals surface area contributed by atoms with Gasteiger partial charge in [0.25, 0.3) is 0 Å². The Morgan fingerprint density at radius 2 is 2.05 bits per heavy atom. The predicted molar refractivity (Wildman–Crippen MR) is 93.2 cm³/mol. The van der Waals surface area contributed by atoms with E-state index in [9.17, 15) is 0 Å². The van der Waals surface area contributed by atoms with Gasteiger partial charge >= 0.3 is 0 Å². The Morgan fingerprint density at radius 3 is 2.76 bits per heavy atom. The van der Waals surface area contributed by atoms with E-state index in [4.69, 9.17) is 5.73 Å². The molecule has 2 aromatic rings. The van der Waals surface area contributed by atoms with Gasteiger partial charge in [-0.25, -0.2) is 15.0 Å². The zero-order chi connectivity index (χ0) is 15.2. The lowest BCUT2D eigenvalue weighted by Gasteiger charge is -2.09. The highest BCUT2D eigenvalue weighted by molar-refractivity contribution is 7.99. The van der Waals surface area contributed by atoms with Gasteiger partial charge in [-0.3, -0.25) is 0 Å². The number of hydrogen-bond acceptors (Lipinski definition) is 7. The van der Waals surface area contributed by atoms with Gasteiger partial charge < -0.3 is 11.1 Å². The average molecular weight is 326 g/mol. The van der Waals surface area contributed by atoms with Gasteiger partial charge in [0.05, 0.1) is 0 Å². The molecule has 0 aliphatic heterocycles. The third kappa shape index (κ3) is 4.71. The minimum atomic E-state index is 0.542. The molecule has 0 aliphatic carbocycles. The van der Waals surface area contributed by atoms with Crippen LogP contribution in [0.2, 0.25) is 0 Å². The van der Waals surface area contributed by atoms with E-state index in [1.807, 2.05) is 0 Å². The quantitative estimate of drug-likeness (QED) is 0.434. The van der Waals surface area contributed by atoms with Crippen molar-refractivity contribution in [1.82, 2.24) is 15.0 Å². The molecule has 0 atom stereocenters. The first-order chi connectivity index (χ1) is 10.1. The third-order valence-corrected chi connectivity index (χ3v) is 4.72. The molecule has 5 nitrogen and oxygen atoms in total. The van der Waals surface area contributed by atoms with Crippen molar-refractivity contribution in [2.75, 3.05) is 23.3 Å². The molecule has 2 aromatic heterocycles. The fourth-order valence-corrected chi connectivity index (χ4v) is 3.40. The second kappa shape index (κ2) is 7.79. The van der Waals surface area contributed by atoms with Gasteiger partial charge in [0, 0.05) is 12.3 Å². The largest absolute Gasteiger partial charge is 0.375 e. The van der Waals surface area contributed by atoms with Crippen LogP contribution in [0.15, 0.2) is 5.16 Å². The average Bonchev–Trinajstić information content (AvgIpc) is 2.81. The zero-order valence-electron chi connectivity index (χ0n) is 12.8. The van der Waals surface area contributed by atoms with Crippen LogP contribution in [0.5, 0.6) is 0 Å². The number of hydrogen-bond donors (Lipinski definition) is 2. The monoisotopic (exact) mass is 325 g/mol. The Balaban J connectivity index is 2.17. The highest BCUT2D eigenvalue weighted by Gasteiger charge is 2.13. The number of rotatable bonds is 8. The molecule has 7 heteroatoms. The normalized spacial score (nSPS) is 11.4. The van der Waals surface area contributed by atoms with Gasteiger partial charge in [-0.1, -0.05) is 56.7 Å². The van der Waals surface area contributed by atoms with Crippen molar-refractivity contribution in [3.05, 3.63) is 0 Å². The van der Waals surface area contributed by atoms with E-state index >= 15 is 0 Å². The molecule has 0 aliphatic rings. The number of nitrogens with zero attached hydrogens (tertiary/aromatic N) is 3. The number of nitrogens with two attached hydrogens (primary N) is 1. The van der Waals surface area contributed by atoms with E-state index < -0.39 is 0 Å². The number of nitrogens with one attached hydrogen (secondary N) is 1. The van der Waals surface area contributed by atoms with Crippen LogP contribution >= 0.6 is 23.1 Å². The van der Waals surface area contributed by atoms with Crippen LogP contribution in [-0.4, -0.2) is 27.2 Å². The summed E-state index contributed by atoms with van der Waals surface area (Å²) in [6, 6.07) is 0. The van der Waals surface area contributed by atoms with E-state index in [1.54, 1.807) is 11.8 Å². The second-order valence-electron chi connectivity index (χ2n) is 5.39. The predicted octanol–water partition coefficient (Wildman–Crippen LogP) is 4.02. The third-order valence-electron chi connectivity index (χ3n) is 2.91.